The van der Waals surface area contributed by atoms with E-state index >= 15 is 0 Å². The first-order chi connectivity index (χ1) is 7.04. The van der Waals surface area contributed by atoms with Crippen molar-refractivity contribution in [1.29, 1.82) is 0 Å². The number of thiophene rings is 1. The Labute approximate surface area is 90.3 Å². The summed E-state index contributed by atoms with van der Waals surface area (Å²) in [7, 11) is 0. The van der Waals surface area contributed by atoms with Gasteiger partial charge in [-0.25, -0.2) is 0 Å². The SMILES string of the molecule is FC(F)(F)C1(NCCc2ccsc2)CC1. The summed E-state index contributed by atoms with van der Waals surface area (Å²) in [6, 6.07) is 1.94. The molecule has 0 spiro atoms. The maximum Gasteiger partial charge on any atom is 0.406 e. The van der Waals surface area contributed by atoms with Gasteiger partial charge in [0.2, 0.25) is 0 Å². The molecule has 0 unspecified atom stereocenters. The van der Waals surface area contributed by atoms with Gasteiger partial charge >= 0.3 is 6.18 Å². The zero-order valence-corrected chi connectivity index (χ0v) is 8.92. The van der Waals surface area contributed by atoms with Gasteiger partial charge < -0.3 is 5.32 Å². The van der Waals surface area contributed by atoms with Crippen LogP contribution in [0.4, 0.5) is 13.2 Å². The van der Waals surface area contributed by atoms with E-state index in [0.29, 0.717) is 13.0 Å². The van der Waals surface area contributed by atoms with Crippen molar-refractivity contribution in [3.05, 3.63) is 22.4 Å². The molecule has 1 N–H and O–H groups in total. The van der Waals surface area contributed by atoms with E-state index < -0.39 is 11.7 Å². The topological polar surface area (TPSA) is 12.0 Å². The second-order valence-electron chi connectivity index (χ2n) is 3.89. The average Bonchev–Trinajstić information content (AvgIpc) is 2.75. The first-order valence-electron chi connectivity index (χ1n) is 4.86. The van der Waals surface area contributed by atoms with Gasteiger partial charge in [-0.1, -0.05) is 0 Å². The van der Waals surface area contributed by atoms with Crippen LogP contribution in [-0.4, -0.2) is 18.3 Å². The summed E-state index contributed by atoms with van der Waals surface area (Å²) in [6.45, 7) is 0.399. The lowest BCUT2D eigenvalue weighted by Gasteiger charge is -2.20. The fourth-order valence-electron chi connectivity index (χ4n) is 1.57. The monoisotopic (exact) mass is 235 g/mol. The summed E-state index contributed by atoms with van der Waals surface area (Å²) < 4.78 is 37.5. The van der Waals surface area contributed by atoms with Crippen LogP contribution >= 0.6 is 11.3 Å². The van der Waals surface area contributed by atoms with Crippen molar-refractivity contribution in [3.8, 4) is 0 Å². The molecular weight excluding hydrogens is 223 g/mol. The van der Waals surface area contributed by atoms with Crippen molar-refractivity contribution >= 4 is 11.3 Å². The Bertz CT molecular complexity index is 314. The van der Waals surface area contributed by atoms with Crippen LogP contribution in [0.15, 0.2) is 16.8 Å². The summed E-state index contributed by atoms with van der Waals surface area (Å²) in [5.41, 5.74) is -0.464. The fraction of sp³-hybridized carbons (Fsp3) is 0.600. The molecule has 15 heavy (non-hydrogen) atoms. The quantitative estimate of drug-likeness (QED) is 0.846. The van der Waals surface area contributed by atoms with Gasteiger partial charge in [0.1, 0.15) is 5.54 Å². The smallest absolute Gasteiger partial charge is 0.303 e. The van der Waals surface area contributed by atoms with Gasteiger partial charge in [0.05, 0.1) is 0 Å². The van der Waals surface area contributed by atoms with Gasteiger partial charge in [0.25, 0.3) is 0 Å². The molecule has 0 aliphatic heterocycles. The summed E-state index contributed by atoms with van der Waals surface area (Å²) in [6.07, 6.45) is -2.98. The molecule has 1 nitrogen and oxygen atoms in total. The van der Waals surface area contributed by atoms with Crippen molar-refractivity contribution in [2.75, 3.05) is 6.54 Å². The number of rotatable bonds is 4. The number of halogens is 3. The van der Waals surface area contributed by atoms with Crippen molar-refractivity contribution in [2.24, 2.45) is 0 Å². The predicted molar refractivity (Wildman–Crippen MR) is 54.0 cm³/mol. The molecule has 1 heterocycles. The first kappa shape index (κ1) is 11.0. The van der Waals surface area contributed by atoms with E-state index in [1.54, 1.807) is 11.3 Å². The molecule has 1 aliphatic carbocycles. The van der Waals surface area contributed by atoms with Crippen LogP contribution in [0.1, 0.15) is 18.4 Å². The molecule has 5 heteroatoms. The van der Waals surface area contributed by atoms with Crippen LogP contribution < -0.4 is 5.32 Å². The highest BCUT2D eigenvalue weighted by Crippen LogP contribution is 2.48. The Hall–Kier alpha value is -0.550. The highest BCUT2D eigenvalue weighted by Gasteiger charge is 2.62. The van der Waals surface area contributed by atoms with E-state index in [1.807, 2.05) is 16.8 Å². The first-order valence-corrected chi connectivity index (χ1v) is 5.81. The molecule has 0 aromatic carbocycles. The Morgan fingerprint density at radius 3 is 2.60 bits per heavy atom. The van der Waals surface area contributed by atoms with Crippen LogP contribution in [0.25, 0.3) is 0 Å². The summed E-state index contributed by atoms with van der Waals surface area (Å²) >= 11 is 1.57. The van der Waals surface area contributed by atoms with Gasteiger partial charge in [0, 0.05) is 6.54 Å². The number of hydrogen-bond acceptors (Lipinski definition) is 2. The Balaban J connectivity index is 1.79. The van der Waals surface area contributed by atoms with E-state index in [0.717, 1.165) is 5.56 Å². The van der Waals surface area contributed by atoms with Gasteiger partial charge in [0.15, 0.2) is 0 Å². The predicted octanol–water partition coefficient (Wildman–Crippen LogP) is 2.98. The molecule has 1 saturated carbocycles. The zero-order chi connectivity index (χ0) is 10.9. The molecule has 0 bridgehead atoms. The largest absolute Gasteiger partial charge is 0.406 e. The highest BCUT2D eigenvalue weighted by atomic mass is 32.1. The standard InChI is InChI=1S/C10H12F3NS/c11-10(12,13)9(3-4-9)14-5-1-8-2-6-15-7-8/h2,6-7,14H,1,3-5H2. The third kappa shape index (κ3) is 2.34. The van der Waals surface area contributed by atoms with E-state index in [9.17, 15) is 13.2 Å². The van der Waals surface area contributed by atoms with E-state index in [1.165, 1.54) is 0 Å². The van der Waals surface area contributed by atoms with Crippen molar-refractivity contribution < 1.29 is 13.2 Å². The third-order valence-electron chi connectivity index (χ3n) is 2.75. The van der Waals surface area contributed by atoms with E-state index in [-0.39, 0.29) is 12.8 Å². The Kier molecular flexibility index (Phi) is 2.77. The van der Waals surface area contributed by atoms with Crippen LogP contribution in [-0.2, 0) is 6.42 Å². The normalized spacial score (nSPS) is 19.1. The molecular formula is C10H12F3NS. The molecule has 0 saturated heterocycles. The summed E-state index contributed by atoms with van der Waals surface area (Å²) in [5, 5.41) is 6.53. The molecule has 0 amide bonds. The van der Waals surface area contributed by atoms with Gasteiger partial charge in [-0.3, -0.25) is 0 Å². The Morgan fingerprint density at radius 1 is 1.40 bits per heavy atom. The van der Waals surface area contributed by atoms with Crippen LogP contribution in [0.5, 0.6) is 0 Å². The highest BCUT2D eigenvalue weighted by molar-refractivity contribution is 7.07. The molecule has 0 atom stereocenters. The maximum atomic E-state index is 12.5. The minimum absolute atomic E-state index is 0.222. The second kappa shape index (κ2) is 3.79. The fourth-order valence-corrected chi connectivity index (χ4v) is 2.27. The lowest BCUT2D eigenvalue weighted by Crippen LogP contribution is -2.45. The molecule has 1 aromatic rings. The number of hydrogen-bond donors (Lipinski definition) is 1. The number of nitrogens with one attached hydrogen (secondary N) is 1. The van der Waals surface area contributed by atoms with Crippen molar-refractivity contribution in [1.82, 2.24) is 5.32 Å². The molecule has 84 valence electrons. The van der Waals surface area contributed by atoms with Crippen LogP contribution in [0.3, 0.4) is 0 Å². The molecule has 1 aromatic heterocycles. The number of alkyl halides is 3. The van der Waals surface area contributed by atoms with Crippen molar-refractivity contribution in [2.45, 2.75) is 31.0 Å². The minimum atomic E-state index is -4.10. The molecule has 2 rings (SSSR count). The Morgan fingerprint density at radius 2 is 2.13 bits per heavy atom. The van der Waals surface area contributed by atoms with Gasteiger partial charge in [-0.2, -0.15) is 24.5 Å². The zero-order valence-electron chi connectivity index (χ0n) is 8.10. The van der Waals surface area contributed by atoms with Crippen molar-refractivity contribution in [3.63, 3.8) is 0 Å². The third-order valence-corrected chi connectivity index (χ3v) is 3.48. The lowest BCUT2D eigenvalue weighted by molar-refractivity contribution is -0.165. The van der Waals surface area contributed by atoms with Crippen LogP contribution in [0.2, 0.25) is 0 Å². The molecule has 0 radical (unpaired) electrons. The lowest BCUT2D eigenvalue weighted by atomic mass is 10.2. The maximum absolute atomic E-state index is 12.5. The van der Waals surface area contributed by atoms with E-state index in [2.05, 4.69) is 5.32 Å². The summed E-state index contributed by atoms with van der Waals surface area (Å²) in [4.78, 5) is 0. The summed E-state index contributed by atoms with van der Waals surface area (Å²) in [5.74, 6) is 0. The minimum Gasteiger partial charge on any atom is -0.303 e. The van der Waals surface area contributed by atoms with E-state index in [4.69, 9.17) is 0 Å². The van der Waals surface area contributed by atoms with Gasteiger partial charge in [-0.15, -0.1) is 0 Å². The molecule has 1 fully saturated rings. The molecule has 1 aliphatic rings. The average molecular weight is 235 g/mol. The van der Waals surface area contributed by atoms with Crippen LogP contribution in [0, 0.1) is 0 Å². The second-order valence-corrected chi connectivity index (χ2v) is 4.67. The van der Waals surface area contributed by atoms with Gasteiger partial charge in [-0.05, 0) is 41.7 Å².